The predicted molar refractivity (Wildman–Crippen MR) is 107 cm³/mol. The highest BCUT2D eigenvalue weighted by atomic mass is 35.5. The number of rotatable bonds is 9. The molecule has 0 bridgehead atoms. The zero-order valence-corrected chi connectivity index (χ0v) is 16.9. The molecular weight excluding hydrogens is 389 g/mol. The van der Waals surface area contributed by atoms with Crippen LogP contribution in [0.25, 0.3) is 0 Å². The number of pyridine rings is 1. The summed E-state index contributed by atoms with van der Waals surface area (Å²) in [6.07, 6.45) is 7.67. The minimum atomic E-state index is -0.208. The zero-order valence-electron chi connectivity index (χ0n) is 15.4. The summed E-state index contributed by atoms with van der Waals surface area (Å²) in [5.41, 5.74) is 0.881. The molecule has 0 amide bonds. The van der Waals surface area contributed by atoms with E-state index in [9.17, 15) is 4.79 Å². The van der Waals surface area contributed by atoms with Gasteiger partial charge in [0.25, 0.3) is 0 Å². The normalized spacial score (nSPS) is 10.9. The fourth-order valence-electron chi connectivity index (χ4n) is 2.49. The number of Topliss-reactive ketones (excluding diaryl/α,β-unsaturated/α-hetero) is 1. The van der Waals surface area contributed by atoms with Gasteiger partial charge in [0.05, 0.1) is 29.8 Å². The highest BCUT2D eigenvalue weighted by Crippen LogP contribution is 2.40. The maximum atomic E-state index is 13.0. The first-order valence-electron chi connectivity index (χ1n) is 8.37. The molecule has 5 nitrogen and oxygen atoms in total. The largest absolute Gasteiger partial charge is 0.493 e. The first kappa shape index (κ1) is 21.1. The van der Waals surface area contributed by atoms with E-state index in [0.717, 1.165) is 6.42 Å². The monoisotopic (exact) mass is 409 g/mol. The van der Waals surface area contributed by atoms with Crippen molar-refractivity contribution in [2.45, 2.75) is 19.8 Å². The van der Waals surface area contributed by atoms with Crippen molar-refractivity contribution in [3.8, 4) is 17.2 Å². The Bertz CT molecular complexity index is 817. The Labute approximate surface area is 168 Å². The summed E-state index contributed by atoms with van der Waals surface area (Å²) in [5.74, 6) is 0.952. The number of hydrogen-bond donors (Lipinski definition) is 0. The molecule has 0 aliphatic rings. The van der Waals surface area contributed by atoms with Crippen LogP contribution in [-0.2, 0) is 6.42 Å². The van der Waals surface area contributed by atoms with Crippen LogP contribution in [0.1, 0.15) is 29.3 Å². The van der Waals surface area contributed by atoms with Crippen LogP contribution in [0, 0.1) is 0 Å². The predicted octanol–water partition coefficient (Wildman–Crippen LogP) is 5.18. The fourth-order valence-corrected chi connectivity index (χ4v) is 2.99. The first-order chi connectivity index (χ1) is 13.0. The molecule has 1 heterocycles. The van der Waals surface area contributed by atoms with Crippen molar-refractivity contribution in [1.29, 1.82) is 0 Å². The van der Waals surface area contributed by atoms with Gasteiger partial charge in [0.2, 0.25) is 5.75 Å². The summed E-state index contributed by atoms with van der Waals surface area (Å²) < 4.78 is 16.6. The molecule has 2 rings (SSSR count). The summed E-state index contributed by atoms with van der Waals surface area (Å²) in [7, 11) is 3.02. The number of carbonyl (C=O) groups excluding carboxylic acids is 1. The Morgan fingerprint density at radius 1 is 1.07 bits per heavy atom. The van der Waals surface area contributed by atoms with Crippen LogP contribution < -0.4 is 14.2 Å². The lowest BCUT2D eigenvalue weighted by molar-refractivity contribution is 0.0988. The van der Waals surface area contributed by atoms with Gasteiger partial charge in [-0.3, -0.25) is 9.78 Å². The second-order valence-electron chi connectivity index (χ2n) is 5.55. The molecule has 0 saturated carbocycles. The topological polar surface area (TPSA) is 57.7 Å². The minimum Gasteiger partial charge on any atom is -0.493 e. The van der Waals surface area contributed by atoms with E-state index in [1.807, 2.05) is 19.1 Å². The molecule has 2 aromatic rings. The van der Waals surface area contributed by atoms with Gasteiger partial charge in [0.1, 0.15) is 6.61 Å². The lowest BCUT2D eigenvalue weighted by Crippen LogP contribution is -2.10. The number of methoxy groups -OCH3 is 2. The van der Waals surface area contributed by atoms with E-state index in [0.29, 0.717) is 45.0 Å². The molecule has 0 N–H and O–H groups in total. The number of ether oxygens (including phenoxy) is 3. The highest BCUT2D eigenvalue weighted by Gasteiger charge is 2.22. The Hall–Kier alpha value is -2.24. The SMILES string of the molecule is CCC=CCOc1c(C(=O)Cc2c(Cl)cncc2Cl)ccc(OC)c1OC. The van der Waals surface area contributed by atoms with Gasteiger partial charge in [-0.05, 0) is 18.6 Å². The molecule has 1 aromatic heterocycles. The molecule has 0 radical (unpaired) electrons. The molecular formula is C20H21Cl2NO4. The fraction of sp³-hybridized carbons (Fsp3) is 0.300. The maximum Gasteiger partial charge on any atom is 0.204 e. The van der Waals surface area contributed by atoms with Crippen molar-refractivity contribution in [3.63, 3.8) is 0 Å². The van der Waals surface area contributed by atoms with Gasteiger partial charge in [-0.1, -0.05) is 42.3 Å². The molecule has 27 heavy (non-hydrogen) atoms. The van der Waals surface area contributed by atoms with Gasteiger partial charge in [-0.25, -0.2) is 0 Å². The number of halogens is 2. The second kappa shape index (κ2) is 10.2. The smallest absolute Gasteiger partial charge is 0.204 e. The quantitative estimate of drug-likeness (QED) is 0.421. The average Bonchev–Trinajstić information content (AvgIpc) is 2.67. The average molecular weight is 410 g/mol. The van der Waals surface area contributed by atoms with E-state index in [-0.39, 0.29) is 12.2 Å². The van der Waals surface area contributed by atoms with Crippen molar-refractivity contribution >= 4 is 29.0 Å². The van der Waals surface area contributed by atoms with E-state index in [2.05, 4.69) is 4.98 Å². The summed E-state index contributed by atoms with van der Waals surface area (Å²) in [6, 6.07) is 3.31. The number of carbonyl (C=O) groups is 1. The van der Waals surface area contributed by atoms with Gasteiger partial charge < -0.3 is 14.2 Å². The molecule has 0 aliphatic heterocycles. The Kier molecular flexibility index (Phi) is 7.95. The Balaban J connectivity index is 2.41. The first-order valence-corrected chi connectivity index (χ1v) is 9.12. The summed E-state index contributed by atoms with van der Waals surface area (Å²) in [5, 5.41) is 0.675. The minimum absolute atomic E-state index is 0.0107. The van der Waals surface area contributed by atoms with Gasteiger partial charge in [0.15, 0.2) is 17.3 Å². The van der Waals surface area contributed by atoms with Crippen LogP contribution >= 0.6 is 23.2 Å². The lowest BCUT2D eigenvalue weighted by Gasteiger charge is -2.16. The molecule has 0 spiro atoms. The van der Waals surface area contributed by atoms with Crippen molar-refractivity contribution in [2.75, 3.05) is 20.8 Å². The third-order valence-electron chi connectivity index (χ3n) is 3.82. The van der Waals surface area contributed by atoms with Gasteiger partial charge >= 0.3 is 0 Å². The van der Waals surface area contributed by atoms with Crippen LogP contribution in [0.3, 0.4) is 0 Å². The van der Waals surface area contributed by atoms with Crippen LogP contribution in [0.2, 0.25) is 10.0 Å². The zero-order chi connectivity index (χ0) is 19.8. The van der Waals surface area contributed by atoms with Crippen molar-refractivity contribution in [1.82, 2.24) is 4.98 Å². The van der Waals surface area contributed by atoms with Crippen LogP contribution in [0.15, 0.2) is 36.7 Å². The van der Waals surface area contributed by atoms with E-state index in [4.69, 9.17) is 37.4 Å². The number of ketones is 1. The molecule has 0 atom stereocenters. The van der Waals surface area contributed by atoms with Crippen molar-refractivity contribution in [2.24, 2.45) is 0 Å². The van der Waals surface area contributed by atoms with Crippen LogP contribution in [-0.4, -0.2) is 31.6 Å². The Morgan fingerprint density at radius 2 is 1.78 bits per heavy atom. The number of hydrogen-bond acceptors (Lipinski definition) is 5. The third-order valence-corrected chi connectivity index (χ3v) is 4.47. The van der Waals surface area contributed by atoms with E-state index in [1.54, 1.807) is 12.1 Å². The van der Waals surface area contributed by atoms with Crippen molar-refractivity contribution in [3.05, 3.63) is 57.9 Å². The maximum absolute atomic E-state index is 13.0. The van der Waals surface area contributed by atoms with Gasteiger partial charge in [0, 0.05) is 24.4 Å². The van der Waals surface area contributed by atoms with E-state index in [1.165, 1.54) is 26.6 Å². The summed E-state index contributed by atoms with van der Waals surface area (Å²) in [6.45, 7) is 2.33. The molecule has 144 valence electrons. The van der Waals surface area contributed by atoms with Gasteiger partial charge in [-0.2, -0.15) is 0 Å². The van der Waals surface area contributed by atoms with Crippen molar-refractivity contribution < 1.29 is 19.0 Å². The number of benzene rings is 1. The molecule has 0 fully saturated rings. The standard InChI is InChI=1S/C20H21Cl2NO4/c1-4-5-6-9-27-19-13(7-8-18(25-2)20(19)26-3)17(24)10-14-15(21)11-23-12-16(14)22/h5-8,11-12H,4,9-10H2,1-3H3. The van der Waals surface area contributed by atoms with Crippen LogP contribution in [0.4, 0.5) is 0 Å². The van der Waals surface area contributed by atoms with E-state index >= 15 is 0 Å². The third kappa shape index (κ3) is 5.15. The summed E-state index contributed by atoms with van der Waals surface area (Å²) >= 11 is 12.3. The Morgan fingerprint density at radius 3 is 2.37 bits per heavy atom. The molecule has 7 heteroatoms. The molecule has 0 unspecified atom stereocenters. The molecule has 1 aromatic carbocycles. The molecule has 0 aliphatic carbocycles. The lowest BCUT2D eigenvalue weighted by atomic mass is 10.0. The van der Waals surface area contributed by atoms with Gasteiger partial charge in [-0.15, -0.1) is 0 Å². The number of nitrogens with zero attached hydrogens (tertiary/aromatic N) is 1. The highest BCUT2D eigenvalue weighted by molar-refractivity contribution is 6.36. The number of aromatic nitrogens is 1. The summed E-state index contributed by atoms with van der Waals surface area (Å²) in [4.78, 5) is 16.9. The second-order valence-corrected chi connectivity index (χ2v) is 6.36. The van der Waals surface area contributed by atoms with Crippen LogP contribution in [0.5, 0.6) is 17.2 Å². The van der Waals surface area contributed by atoms with E-state index < -0.39 is 0 Å². The number of allylic oxidation sites excluding steroid dienone is 1. The molecule has 0 saturated heterocycles.